The molecular weight excluding hydrogens is 400 g/mol. The first-order chi connectivity index (χ1) is 15.6. The van der Waals surface area contributed by atoms with Crippen LogP contribution < -0.4 is 16.0 Å². The molecule has 0 bridgehead atoms. The normalized spacial score (nSPS) is 18.8. The molecule has 0 radical (unpaired) electrons. The van der Waals surface area contributed by atoms with Gasteiger partial charge < -0.3 is 20.7 Å². The van der Waals surface area contributed by atoms with E-state index in [4.69, 9.17) is 4.74 Å². The Morgan fingerprint density at radius 3 is 2.69 bits per heavy atom. The number of ether oxygens (including phenoxy) is 1. The summed E-state index contributed by atoms with van der Waals surface area (Å²) >= 11 is 0. The van der Waals surface area contributed by atoms with Gasteiger partial charge in [0.25, 0.3) is 5.91 Å². The molecule has 32 heavy (non-hydrogen) atoms. The van der Waals surface area contributed by atoms with Gasteiger partial charge in [-0.25, -0.2) is 0 Å². The summed E-state index contributed by atoms with van der Waals surface area (Å²) < 4.78 is 6.14. The van der Waals surface area contributed by atoms with E-state index in [-0.39, 0.29) is 12.0 Å². The number of carbonyl (C=O) groups excluding carboxylic acids is 1. The fourth-order valence-electron chi connectivity index (χ4n) is 3.97. The monoisotopic (exact) mass is 436 g/mol. The van der Waals surface area contributed by atoms with Crippen molar-refractivity contribution in [1.29, 1.82) is 0 Å². The third-order valence-corrected chi connectivity index (χ3v) is 5.79. The van der Waals surface area contributed by atoms with Crippen LogP contribution in [0.1, 0.15) is 59.3 Å². The van der Waals surface area contributed by atoms with Gasteiger partial charge in [0.15, 0.2) is 5.96 Å². The first kappa shape index (κ1) is 23.8. The second-order valence-electron chi connectivity index (χ2n) is 8.37. The molecule has 0 spiro atoms. The zero-order valence-corrected chi connectivity index (χ0v) is 19.5. The van der Waals surface area contributed by atoms with Crippen molar-refractivity contribution in [2.24, 2.45) is 10.9 Å². The predicted octanol–water partition coefficient (Wildman–Crippen LogP) is 3.97. The highest BCUT2D eigenvalue weighted by atomic mass is 16.5. The second kappa shape index (κ2) is 12.2. The third-order valence-electron chi connectivity index (χ3n) is 5.79. The Morgan fingerprint density at radius 2 is 1.94 bits per heavy atom. The average Bonchev–Trinajstić information content (AvgIpc) is 2.83. The molecule has 1 aliphatic rings. The van der Waals surface area contributed by atoms with Gasteiger partial charge in [0.1, 0.15) is 0 Å². The summed E-state index contributed by atoms with van der Waals surface area (Å²) in [4.78, 5) is 16.6. The highest BCUT2D eigenvalue weighted by Gasteiger charge is 2.27. The number of nitrogens with zero attached hydrogens (tertiary/aromatic N) is 1. The Kier molecular flexibility index (Phi) is 9.11. The topological polar surface area (TPSA) is 74.8 Å². The molecule has 2 aromatic rings. The summed E-state index contributed by atoms with van der Waals surface area (Å²) in [6.07, 6.45) is 3.23. The SMILES string of the molecule is CCCNC(=O)c1cccc(CNC(=NC)NCC2CCCOC2c2ccc(C)cc2)c1. The first-order valence-corrected chi connectivity index (χ1v) is 11.6. The van der Waals surface area contributed by atoms with Gasteiger partial charge in [-0.05, 0) is 49.4 Å². The molecule has 2 atom stereocenters. The minimum Gasteiger partial charge on any atom is -0.373 e. The van der Waals surface area contributed by atoms with Crippen LogP contribution in [0.5, 0.6) is 0 Å². The molecule has 0 saturated carbocycles. The summed E-state index contributed by atoms with van der Waals surface area (Å²) in [6.45, 7) is 7.03. The quantitative estimate of drug-likeness (QED) is 0.432. The Labute approximate surface area is 191 Å². The minimum atomic E-state index is -0.0318. The maximum atomic E-state index is 12.2. The van der Waals surface area contributed by atoms with Crippen LogP contribution in [0.3, 0.4) is 0 Å². The van der Waals surface area contributed by atoms with Crippen LogP contribution in [-0.2, 0) is 11.3 Å². The van der Waals surface area contributed by atoms with Crippen molar-refractivity contribution in [3.05, 3.63) is 70.8 Å². The van der Waals surface area contributed by atoms with Crippen LogP contribution in [0.15, 0.2) is 53.5 Å². The van der Waals surface area contributed by atoms with Crippen molar-refractivity contribution < 1.29 is 9.53 Å². The summed E-state index contributed by atoms with van der Waals surface area (Å²) in [6, 6.07) is 16.3. The largest absolute Gasteiger partial charge is 0.373 e. The summed E-state index contributed by atoms with van der Waals surface area (Å²) in [5, 5.41) is 9.75. The van der Waals surface area contributed by atoms with E-state index in [9.17, 15) is 4.79 Å². The summed E-state index contributed by atoms with van der Waals surface area (Å²) in [7, 11) is 1.78. The van der Waals surface area contributed by atoms with E-state index < -0.39 is 0 Å². The number of rotatable bonds is 8. The number of benzene rings is 2. The first-order valence-electron chi connectivity index (χ1n) is 11.6. The molecular formula is C26H36N4O2. The van der Waals surface area contributed by atoms with E-state index in [1.165, 1.54) is 11.1 Å². The van der Waals surface area contributed by atoms with Crippen molar-refractivity contribution in [1.82, 2.24) is 16.0 Å². The maximum Gasteiger partial charge on any atom is 0.251 e. The van der Waals surface area contributed by atoms with Gasteiger partial charge >= 0.3 is 0 Å². The molecule has 2 aromatic carbocycles. The number of nitrogens with one attached hydrogen (secondary N) is 3. The van der Waals surface area contributed by atoms with Crippen LogP contribution in [0.2, 0.25) is 0 Å². The predicted molar refractivity (Wildman–Crippen MR) is 130 cm³/mol. The smallest absolute Gasteiger partial charge is 0.251 e. The lowest BCUT2D eigenvalue weighted by atomic mass is 9.89. The molecule has 172 valence electrons. The molecule has 0 aliphatic carbocycles. The van der Waals surface area contributed by atoms with Gasteiger partial charge in [-0.3, -0.25) is 9.79 Å². The molecule has 0 aromatic heterocycles. The number of aryl methyl sites for hydroxylation is 1. The molecule has 3 rings (SSSR count). The zero-order valence-electron chi connectivity index (χ0n) is 19.5. The molecule has 3 N–H and O–H groups in total. The molecule has 1 amide bonds. The molecule has 1 heterocycles. The van der Waals surface area contributed by atoms with Gasteiger partial charge in [0.2, 0.25) is 0 Å². The zero-order chi connectivity index (χ0) is 22.8. The van der Waals surface area contributed by atoms with E-state index in [1.807, 2.05) is 31.2 Å². The fourth-order valence-corrected chi connectivity index (χ4v) is 3.97. The molecule has 1 aliphatic heterocycles. The van der Waals surface area contributed by atoms with Crippen molar-refractivity contribution >= 4 is 11.9 Å². The van der Waals surface area contributed by atoms with Crippen molar-refractivity contribution in [3.8, 4) is 0 Å². The Balaban J connectivity index is 1.54. The van der Waals surface area contributed by atoms with Crippen LogP contribution >= 0.6 is 0 Å². The molecule has 6 heteroatoms. The van der Waals surface area contributed by atoms with Crippen molar-refractivity contribution in [3.63, 3.8) is 0 Å². The number of amides is 1. The number of carbonyl (C=O) groups is 1. The number of aliphatic imine (C=N–C) groups is 1. The van der Waals surface area contributed by atoms with Gasteiger partial charge in [0, 0.05) is 44.8 Å². The standard InChI is InChI=1S/C26H36N4O2/c1-4-14-28-25(31)22-8-5-7-20(16-22)17-29-26(27-3)30-18-23-9-6-15-32-24(23)21-12-10-19(2)11-13-21/h5,7-8,10-13,16,23-24H,4,6,9,14-15,17-18H2,1-3H3,(H,28,31)(H2,27,29,30). The van der Waals surface area contributed by atoms with E-state index in [0.717, 1.165) is 43.9 Å². The van der Waals surface area contributed by atoms with Gasteiger partial charge in [-0.15, -0.1) is 0 Å². The van der Waals surface area contributed by atoms with Crippen molar-refractivity contribution in [2.75, 3.05) is 26.7 Å². The second-order valence-corrected chi connectivity index (χ2v) is 8.37. The van der Waals surface area contributed by atoms with Crippen LogP contribution in [0.25, 0.3) is 0 Å². The Bertz CT molecular complexity index is 895. The lowest BCUT2D eigenvalue weighted by Crippen LogP contribution is -2.41. The van der Waals surface area contributed by atoms with Crippen LogP contribution in [0.4, 0.5) is 0 Å². The average molecular weight is 437 g/mol. The Morgan fingerprint density at radius 1 is 1.12 bits per heavy atom. The maximum absolute atomic E-state index is 12.2. The number of hydrogen-bond donors (Lipinski definition) is 3. The van der Waals surface area contributed by atoms with E-state index in [0.29, 0.717) is 24.6 Å². The van der Waals surface area contributed by atoms with E-state index in [1.54, 1.807) is 7.05 Å². The van der Waals surface area contributed by atoms with Gasteiger partial charge in [-0.2, -0.15) is 0 Å². The highest BCUT2D eigenvalue weighted by molar-refractivity contribution is 5.94. The summed E-state index contributed by atoms with van der Waals surface area (Å²) in [5.74, 6) is 1.10. The summed E-state index contributed by atoms with van der Waals surface area (Å²) in [5.41, 5.74) is 4.22. The fraction of sp³-hybridized carbons (Fsp3) is 0.462. The van der Waals surface area contributed by atoms with Crippen LogP contribution in [-0.4, -0.2) is 38.6 Å². The van der Waals surface area contributed by atoms with Crippen LogP contribution in [0, 0.1) is 12.8 Å². The Hall–Kier alpha value is -2.86. The lowest BCUT2D eigenvalue weighted by Gasteiger charge is -2.32. The molecule has 1 fully saturated rings. The number of hydrogen-bond acceptors (Lipinski definition) is 3. The van der Waals surface area contributed by atoms with Crippen molar-refractivity contribution in [2.45, 2.75) is 45.8 Å². The minimum absolute atomic E-state index is 0.0318. The molecule has 2 unspecified atom stereocenters. The van der Waals surface area contributed by atoms with E-state index in [2.05, 4.69) is 52.1 Å². The molecule has 1 saturated heterocycles. The highest BCUT2D eigenvalue weighted by Crippen LogP contribution is 2.33. The molecule has 6 nitrogen and oxygen atoms in total. The number of guanidine groups is 1. The van der Waals surface area contributed by atoms with Gasteiger partial charge in [-0.1, -0.05) is 48.9 Å². The van der Waals surface area contributed by atoms with Gasteiger partial charge in [0.05, 0.1) is 6.10 Å². The third kappa shape index (κ3) is 6.82. The van der Waals surface area contributed by atoms with E-state index >= 15 is 0 Å². The lowest BCUT2D eigenvalue weighted by molar-refractivity contribution is -0.0265.